The van der Waals surface area contributed by atoms with Crippen molar-refractivity contribution in [1.29, 1.82) is 0 Å². The van der Waals surface area contributed by atoms with E-state index in [-0.39, 0.29) is 5.38 Å². The van der Waals surface area contributed by atoms with Gasteiger partial charge in [0.25, 0.3) is 0 Å². The third kappa shape index (κ3) is 2.99. The van der Waals surface area contributed by atoms with Crippen LogP contribution in [-0.4, -0.2) is 23.9 Å². The summed E-state index contributed by atoms with van der Waals surface area (Å²) in [7, 11) is 2.13. The SMILES string of the molecule is CC(Cl)CN(C)Cc1ccc2c(c1)CCC2. The lowest BCUT2D eigenvalue weighted by Crippen LogP contribution is -2.24. The number of aryl methyl sites for hydroxylation is 2. The molecule has 0 amide bonds. The summed E-state index contributed by atoms with van der Waals surface area (Å²) >= 11 is 5.99. The van der Waals surface area contributed by atoms with Gasteiger partial charge >= 0.3 is 0 Å². The molecule has 0 fully saturated rings. The Hall–Kier alpha value is -0.530. The van der Waals surface area contributed by atoms with E-state index in [2.05, 4.69) is 30.1 Å². The molecular formula is C14H20ClN. The van der Waals surface area contributed by atoms with Gasteiger partial charge in [0.05, 0.1) is 0 Å². The summed E-state index contributed by atoms with van der Waals surface area (Å²) in [6, 6.07) is 6.94. The highest BCUT2D eigenvalue weighted by Gasteiger charge is 2.11. The van der Waals surface area contributed by atoms with E-state index in [0.717, 1.165) is 13.1 Å². The number of rotatable bonds is 4. The molecule has 1 aliphatic rings. The third-order valence-electron chi connectivity index (χ3n) is 3.18. The lowest BCUT2D eigenvalue weighted by molar-refractivity contribution is 0.330. The summed E-state index contributed by atoms with van der Waals surface area (Å²) in [5.74, 6) is 0. The average molecular weight is 238 g/mol. The van der Waals surface area contributed by atoms with Crippen molar-refractivity contribution in [1.82, 2.24) is 4.90 Å². The maximum Gasteiger partial charge on any atom is 0.0435 e. The molecule has 1 atom stereocenters. The second-order valence-electron chi connectivity index (χ2n) is 4.93. The predicted molar refractivity (Wildman–Crippen MR) is 70.1 cm³/mol. The van der Waals surface area contributed by atoms with Gasteiger partial charge in [-0.15, -0.1) is 11.6 Å². The second kappa shape index (κ2) is 5.20. The molecule has 0 heterocycles. The Labute approximate surface area is 103 Å². The fourth-order valence-corrected chi connectivity index (χ4v) is 2.76. The first kappa shape index (κ1) is 11.9. The Morgan fingerprint density at radius 3 is 2.81 bits per heavy atom. The normalized spacial score (nSPS) is 16.5. The zero-order chi connectivity index (χ0) is 11.5. The van der Waals surface area contributed by atoms with Crippen LogP contribution in [0.25, 0.3) is 0 Å². The number of halogens is 1. The zero-order valence-corrected chi connectivity index (χ0v) is 10.9. The fourth-order valence-electron chi connectivity index (χ4n) is 2.53. The summed E-state index contributed by atoms with van der Waals surface area (Å²) in [5.41, 5.74) is 4.53. The summed E-state index contributed by atoms with van der Waals surface area (Å²) in [6.45, 7) is 3.99. The molecule has 1 aromatic rings. The number of hydrogen-bond acceptors (Lipinski definition) is 1. The van der Waals surface area contributed by atoms with Gasteiger partial charge in [0, 0.05) is 18.5 Å². The molecule has 1 unspecified atom stereocenters. The van der Waals surface area contributed by atoms with Crippen LogP contribution in [0.2, 0.25) is 0 Å². The van der Waals surface area contributed by atoms with E-state index in [1.807, 2.05) is 6.92 Å². The first-order valence-corrected chi connectivity index (χ1v) is 6.52. The highest BCUT2D eigenvalue weighted by molar-refractivity contribution is 6.20. The van der Waals surface area contributed by atoms with Gasteiger partial charge in [-0.3, -0.25) is 0 Å². The number of nitrogens with zero attached hydrogens (tertiary/aromatic N) is 1. The number of hydrogen-bond donors (Lipinski definition) is 0. The van der Waals surface area contributed by atoms with Gasteiger partial charge in [-0.1, -0.05) is 18.2 Å². The quantitative estimate of drug-likeness (QED) is 0.727. The molecule has 0 aliphatic heterocycles. The van der Waals surface area contributed by atoms with E-state index in [9.17, 15) is 0 Å². The minimum atomic E-state index is 0.222. The topological polar surface area (TPSA) is 3.24 Å². The summed E-state index contributed by atoms with van der Waals surface area (Å²) in [6.07, 6.45) is 3.86. The average Bonchev–Trinajstić information content (AvgIpc) is 2.63. The fraction of sp³-hybridized carbons (Fsp3) is 0.571. The van der Waals surface area contributed by atoms with Crippen molar-refractivity contribution in [2.75, 3.05) is 13.6 Å². The Balaban J connectivity index is 1.99. The van der Waals surface area contributed by atoms with E-state index in [1.54, 1.807) is 11.1 Å². The van der Waals surface area contributed by atoms with E-state index in [0.29, 0.717) is 0 Å². The largest absolute Gasteiger partial charge is 0.301 e. The van der Waals surface area contributed by atoms with Crippen LogP contribution in [0.15, 0.2) is 18.2 Å². The highest BCUT2D eigenvalue weighted by Crippen LogP contribution is 2.23. The van der Waals surface area contributed by atoms with Gasteiger partial charge in [-0.05, 0) is 49.9 Å². The van der Waals surface area contributed by atoms with Crippen molar-refractivity contribution in [2.45, 2.75) is 38.1 Å². The number of fused-ring (bicyclic) bond motifs is 1. The summed E-state index contributed by atoms with van der Waals surface area (Å²) in [4.78, 5) is 2.29. The van der Waals surface area contributed by atoms with Gasteiger partial charge in [-0.2, -0.15) is 0 Å². The van der Waals surface area contributed by atoms with Crippen molar-refractivity contribution in [3.05, 3.63) is 34.9 Å². The maximum absolute atomic E-state index is 5.99. The molecule has 0 bridgehead atoms. The second-order valence-corrected chi connectivity index (χ2v) is 5.68. The minimum Gasteiger partial charge on any atom is -0.301 e. The summed E-state index contributed by atoms with van der Waals surface area (Å²) < 4.78 is 0. The molecule has 0 spiro atoms. The molecule has 2 heteroatoms. The van der Waals surface area contributed by atoms with Crippen molar-refractivity contribution in [3.8, 4) is 0 Å². The highest BCUT2D eigenvalue weighted by atomic mass is 35.5. The van der Waals surface area contributed by atoms with Crippen molar-refractivity contribution < 1.29 is 0 Å². The lowest BCUT2D eigenvalue weighted by Gasteiger charge is -2.18. The molecule has 0 aromatic heterocycles. The molecule has 16 heavy (non-hydrogen) atoms. The summed E-state index contributed by atoms with van der Waals surface area (Å²) in [5, 5.41) is 0.222. The van der Waals surface area contributed by atoms with Crippen LogP contribution < -0.4 is 0 Å². The molecular weight excluding hydrogens is 218 g/mol. The van der Waals surface area contributed by atoms with Gasteiger partial charge in [-0.25, -0.2) is 0 Å². The van der Waals surface area contributed by atoms with E-state index in [1.165, 1.54) is 24.8 Å². The molecule has 1 nitrogen and oxygen atoms in total. The first-order chi connectivity index (χ1) is 7.65. The monoisotopic (exact) mass is 237 g/mol. The molecule has 0 radical (unpaired) electrons. The van der Waals surface area contributed by atoms with Crippen LogP contribution >= 0.6 is 11.6 Å². The van der Waals surface area contributed by atoms with Gasteiger partial charge in [0.2, 0.25) is 0 Å². The first-order valence-electron chi connectivity index (χ1n) is 6.08. The van der Waals surface area contributed by atoms with Crippen LogP contribution in [0.5, 0.6) is 0 Å². The molecule has 0 saturated heterocycles. The maximum atomic E-state index is 5.99. The Morgan fingerprint density at radius 2 is 2.06 bits per heavy atom. The lowest BCUT2D eigenvalue weighted by atomic mass is 10.1. The van der Waals surface area contributed by atoms with Crippen LogP contribution in [0, 0.1) is 0 Å². The number of alkyl halides is 1. The minimum absolute atomic E-state index is 0.222. The third-order valence-corrected chi connectivity index (χ3v) is 3.32. The van der Waals surface area contributed by atoms with Gasteiger partial charge in [0.1, 0.15) is 0 Å². The van der Waals surface area contributed by atoms with Gasteiger partial charge in [0.15, 0.2) is 0 Å². The van der Waals surface area contributed by atoms with Crippen LogP contribution in [0.1, 0.15) is 30.0 Å². The zero-order valence-electron chi connectivity index (χ0n) is 10.2. The van der Waals surface area contributed by atoms with Crippen molar-refractivity contribution >= 4 is 11.6 Å². The van der Waals surface area contributed by atoms with E-state index in [4.69, 9.17) is 11.6 Å². The van der Waals surface area contributed by atoms with Crippen LogP contribution in [0.3, 0.4) is 0 Å². The Kier molecular flexibility index (Phi) is 3.88. The van der Waals surface area contributed by atoms with Crippen LogP contribution in [-0.2, 0) is 19.4 Å². The molecule has 0 N–H and O–H groups in total. The van der Waals surface area contributed by atoms with Crippen LogP contribution in [0.4, 0.5) is 0 Å². The van der Waals surface area contributed by atoms with Gasteiger partial charge < -0.3 is 4.90 Å². The standard InChI is InChI=1S/C14H20ClN/c1-11(15)9-16(2)10-12-6-7-13-4-3-5-14(13)8-12/h6-8,11H,3-5,9-10H2,1-2H3. The Morgan fingerprint density at radius 1 is 1.31 bits per heavy atom. The van der Waals surface area contributed by atoms with Crippen molar-refractivity contribution in [3.63, 3.8) is 0 Å². The van der Waals surface area contributed by atoms with Crippen molar-refractivity contribution in [2.24, 2.45) is 0 Å². The molecule has 1 aromatic carbocycles. The smallest absolute Gasteiger partial charge is 0.0435 e. The molecule has 0 saturated carbocycles. The number of benzene rings is 1. The molecule has 2 rings (SSSR count). The molecule has 88 valence electrons. The predicted octanol–water partition coefficient (Wildman–Crippen LogP) is 3.23. The molecule has 1 aliphatic carbocycles. The van der Waals surface area contributed by atoms with E-state index < -0.39 is 0 Å². The Bertz CT molecular complexity index is 360. The van der Waals surface area contributed by atoms with E-state index >= 15 is 0 Å².